The maximum Gasteiger partial charge on any atom is 0.150 e. The third-order valence-corrected chi connectivity index (χ3v) is 7.57. The van der Waals surface area contributed by atoms with E-state index in [2.05, 4.69) is 102 Å². The number of rotatable bonds is 6. The molecule has 0 unspecified atom stereocenters. The number of carbonyl (C=O) groups is 1. The first-order valence-electron chi connectivity index (χ1n) is 11.9. The highest BCUT2D eigenvalue weighted by Crippen LogP contribution is 2.45. The van der Waals surface area contributed by atoms with Gasteiger partial charge in [0.15, 0.2) is 0 Å². The van der Waals surface area contributed by atoms with Crippen LogP contribution in [-0.4, -0.2) is 6.29 Å². The molecule has 6 aromatic rings. The Balaban J connectivity index is 1.47. The third-order valence-electron chi connectivity index (χ3n) is 6.35. The van der Waals surface area contributed by atoms with Crippen molar-refractivity contribution >= 4 is 44.8 Å². The topological polar surface area (TPSA) is 20.3 Å². The van der Waals surface area contributed by atoms with Crippen LogP contribution in [0.3, 0.4) is 0 Å². The first-order chi connectivity index (χ1) is 17.8. The fourth-order valence-electron chi connectivity index (χ4n) is 4.63. The summed E-state index contributed by atoms with van der Waals surface area (Å²) in [5.41, 5.74) is 7.55. The number of carbonyl (C=O) groups excluding carboxylic acids is 1. The van der Waals surface area contributed by atoms with Crippen molar-refractivity contribution in [3.05, 3.63) is 139 Å². The maximum atomic E-state index is 11.2. The van der Waals surface area contributed by atoms with Gasteiger partial charge in [-0.1, -0.05) is 91.0 Å². The van der Waals surface area contributed by atoms with E-state index in [1.54, 1.807) is 11.3 Å². The number of hydrogen-bond donors (Lipinski definition) is 0. The lowest BCUT2D eigenvalue weighted by Gasteiger charge is -2.25. The summed E-state index contributed by atoms with van der Waals surface area (Å²) in [7, 11) is 0. The van der Waals surface area contributed by atoms with Crippen LogP contribution in [0.2, 0.25) is 0 Å². The van der Waals surface area contributed by atoms with Gasteiger partial charge in [0, 0.05) is 43.2 Å². The molecule has 0 aliphatic rings. The molecule has 36 heavy (non-hydrogen) atoms. The summed E-state index contributed by atoms with van der Waals surface area (Å²) in [6, 6.07) is 46.1. The average Bonchev–Trinajstić information content (AvgIpc) is 3.34. The van der Waals surface area contributed by atoms with Gasteiger partial charge in [0.1, 0.15) is 6.29 Å². The van der Waals surface area contributed by atoms with Crippen molar-refractivity contribution in [3.8, 4) is 21.6 Å². The Morgan fingerprint density at radius 3 is 1.67 bits per heavy atom. The summed E-state index contributed by atoms with van der Waals surface area (Å²) in [6.45, 7) is 0. The van der Waals surface area contributed by atoms with Crippen molar-refractivity contribution in [1.29, 1.82) is 0 Å². The van der Waals surface area contributed by atoms with Crippen LogP contribution >= 0.6 is 11.3 Å². The zero-order chi connectivity index (χ0) is 24.3. The summed E-state index contributed by atoms with van der Waals surface area (Å²) in [5.74, 6) is 0. The molecule has 2 nitrogen and oxygen atoms in total. The molecule has 1 heterocycles. The highest BCUT2D eigenvalue weighted by molar-refractivity contribution is 7.23. The van der Waals surface area contributed by atoms with Gasteiger partial charge in [-0.3, -0.25) is 4.79 Å². The second kappa shape index (κ2) is 9.65. The highest BCUT2D eigenvalue weighted by atomic mass is 32.1. The van der Waals surface area contributed by atoms with Gasteiger partial charge >= 0.3 is 0 Å². The van der Waals surface area contributed by atoms with Crippen molar-refractivity contribution in [2.75, 3.05) is 4.90 Å². The van der Waals surface area contributed by atoms with E-state index in [9.17, 15) is 4.79 Å². The third kappa shape index (κ3) is 4.10. The number of fused-ring (bicyclic) bond motifs is 1. The molecular weight excluding hydrogens is 458 g/mol. The molecule has 0 saturated heterocycles. The Labute approximate surface area is 214 Å². The van der Waals surface area contributed by atoms with Crippen LogP contribution in [-0.2, 0) is 0 Å². The van der Waals surface area contributed by atoms with Gasteiger partial charge in [-0.2, -0.15) is 0 Å². The maximum absolute atomic E-state index is 11.2. The number of para-hydroxylation sites is 2. The molecule has 6 rings (SSSR count). The van der Waals surface area contributed by atoms with E-state index in [-0.39, 0.29) is 0 Å². The molecule has 0 radical (unpaired) electrons. The summed E-state index contributed by atoms with van der Waals surface area (Å²) in [4.78, 5) is 14.7. The fraction of sp³-hybridized carbons (Fsp3) is 0. The van der Waals surface area contributed by atoms with E-state index in [1.807, 2.05) is 36.4 Å². The lowest BCUT2D eigenvalue weighted by atomic mass is 9.98. The Hall–Kier alpha value is -4.47. The van der Waals surface area contributed by atoms with Crippen LogP contribution in [0.15, 0.2) is 133 Å². The highest BCUT2D eigenvalue weighted by Gasteiger charge is 2.17. The molecule has 1 aromatic heterocycles. The minimum atomic E-state index is 0.688. The lowest BCUT2D eigenvalue weighted by Crippen LogP contribution is -2.09. The molecule has 0 atom stereocenters. The van der Waals surface area contributed by atoms with Gasteiger partial charge in [-0.25, -0.2) is 0 Å². The molecule has 0 fully saturated rings. The van der Waals surface area contributed by atoms with Crippen molar-refractivity contribution in [3.63, 3.8) is 0 Å². The molecule has 0 amide bonds. The van der Waals surface area contributed by atoms with E-state index in [0.717, 1.165) is 28.9 Å². The summed E-state index contributed by atoms with van der Waals surface area (Å²) in [5, 5.41) is 1.24. The molecule has 0 aliphatic carbocycles. The van der Waals surface area contributed by atoms with Crippen LogP contribution in [0.1, 0.15) is 10.4 Å². The fourth-order valence-corrected chi connectivity index (χ4v) is 5.86. The zero-order valence-electron chi connectivity index (χ0n) is 19.5. The summed E-state index contributed by atoms with van der Waals surface area (Å²) >= 11 is 1.79. The van der Waals surface area contributed by atoms with E-state index < -0.39 is 0 Å². The number of nitrogens with zero attached hydrogens (tertiary/aromatic N) is 1. The number of aldehydes is 1. The SMILES string of the molecule is O=Cc1ccc(-c2sc3ccccc3c2-c2ccc(N(c3ccccc3)c3ccccc3)cc2)cc1. The standard InChI is InChI=1S/C33H23NOS/c35-23-24-15-17-26(18-16-24)33-32(30-13-7-8-14-31(30)36-33)25-19-21-29(22-20-25)34(27-9-3-1-4-10-27)28-11-5-2-6-12-28/h1-23H. The number of hydrogen-bond acceptors (Lipinski definition) is 3. The molecule has 0 aliphatic heterocycles. The van der Waals surface area contributed by atoms with Crippen molar-refractivity contribution in [2.24, 2.45) is 0 Å². The van der Waals surface area contributed by atoms with Crippen LogP contribution in [0.25, 0.3) is 31.7 Å². The van der Waals surface area contributed by atoms with Gasteiger partial charge in [-0.15, -0.1) is 11.3 Å². The number of anilines is 3. The Bertz CT molecular complexity index is 1580. The molecule has 172 valence electrons. The second-order valence-electron chi connectivity index (χ2n) is 8.60. The molecule has 0 saturated carbocycles. The summed E-state index contributed by atoms with van der Waals surface area (Å²) < 4.78 is 1.25. The lowest BCUT2D eigenvalue weighted by molar-refractivity contribution is 0.112. The second-order valence-corrected chi connectivity index (χ2v) is 9.65. The van der Waals surface area contributed by atoms with E-state index in [1.165, 1.54) is 26.1 Å². The molecule has 3 heteroatoms. The minimum Gasteiger partial charge on any atom is -0.311 e. The Morgan fingerprint density at radius 2 is 1.06 bits per heavy atom. The van der Waals surface area contributed by atoms with E-state index >= 15 is 0 Å². The van der Waals surface area contributed by atoms with Crippen molar-refractivity contribution < 1.29 is 4.79 Å². The first kappa shape index (κ1) is 22.0. The Morgan fingerprint density at radius 1 is 0.528 bits per heavy atom. The van der Waals surface area contributed by atoms with Gasteiger partial charge in [0.05, 0.1) is 0 Å². The normalized spacial score (nSPS) is 10.9. The number of benzene rings is 5. The van der Waals surface area contributed by atoms with Crippen LogP contribution in [0.4, 0.5) is 17.1 Å². The molecule has 0 bridgehead atoms. The number of thiophene rings is 1. The zero-order valence-corrected chi connectivity index (χ0v) is 20.4. The van der Waals surface area contributed by atoms with Crippen LogP contribution < -0.4 is 4.90 Å². The molecular formula is C33H23NOS. The molecule has 0 spiro atoms. The van der Waals surface area contributed by atoms with E-state index in [0.29, 0.717) is 5.56 Å². The molecule has 0 N–H and O–H groups in total. The van der Waals surface area contributed by atoms with Gasteiger partial charge in [-0.05, 0) is 53.6 Å². The van der Waals surface area contributed by atoms with Crippen LogP contribution in [0.5, 0.6) is 0 Å². The van der Waals surface area contributed by atoms with Gasteiger partial charge in [0.2, 0.25) is 0 Å². The van der Waals surface area contributed by atoms with Crippen molar-refractivity contribution in [2.45, 2.75) is 0 Å². The quantitative estimate of drug-likeness (QED) is 0.221. The first-order valence-corrected chi connectivity index (χ1v) is 12.7. The largest absolute Gasteiger partial charge is 0.311 e. The predicted molar refractivity (Wildman–Crippen MR) is 153 cm³/mol. The predicted octanol–water partition coefficient (Wildman–Crippen LogP) is 9.52. The van der Waals surface area contributed by atoms with Gasteiger partial charge < -0.3 is 4.90 Å². The smallest absolute Gasteiger partial charge is 0.150 e. The van der Waals surface area contributed by atoms with Crippen molar-refractivity contribution in [1.82, 2.24) is 0 Å². The summed E-state index contributed by atoms with van der Waals surface area (Å²) in [6.07, 6.45) is 0.888. The molecule has 5 aromatic carbocycles. The Kier molecular flexibility index (Phi) is 5.90. The van der Waals surface area contributed by atoms with Gasteiger partial charge in [0.25, 0.3) is 0 Å². The van der Waals surface area contributed by atoms with E-state index in [4.69, 9.17) is 0 Å². The average molecular weight is 482 g/mol. The monoisotopic (exact) mass is 481 g/mol. The minimum absolute atomic E-state index is 0.688. The van der Waals surface area contributed by atoms with Crippen LogP contribution in [0, 0.1) is 0 Å².